The van der Waals surface area contributed by atoms with Crippen molar-refractivity contribution in [2.75, 3.05) is 0 Å². The Hall–Kier alpha value is -1.19. The minimum Gasteiger partial charge on any atom is -0.318 e. The van der Waals surface area contributed by atoms with Crippen LogP contribution >= 0.6 is 11.3 Å². The summed E-state index contributed by atoms with van der Waals surface area (Å²) in [6.07, 6.45) is 1.88. The molecule has 0 spiro atoms. The highest BCUT2D eigenvalue weighted by Gasteiger charge is 2.12. The monoisotopic (exact) mass is 232 g/mol. The van der Waals surface area contributed by atoms with Crippen LogP contribution in [-0.2, 0) is 0 Å². The summed E-state index contributed by atoms with van der Waals surface area (Å²) in [6.45, 7) is 6.27. The summed E-state index contributed by atoms with van der Waals surface area (Å²) in [6, 6.07) is 6.25. The molecule has 1 heterocycles. The summed E-state index contributed by atoms with van der Waals surface area (Å²) in [4.78, 5) is 5.54. The normalized spacial score (nSPS) is 12.8. The lowest BCUT2D eigenvalue weighted by molar-refractivity contribution is 0.855. The third kappa shape index (κ3) is 2.15. The van der Waals surface area contributed by atoms with Crippen LogP contribution in [0.15, 0.2) is 24.4 Å². The Balaban J connectivity index is 2.33. The molecule has 0 aliphatic carbocycles. The second kappa shape index (κ2) is 4.36. The fourth-order valence-electron chi connectivity index (χ4n) is 1.62. The molecular formula is C13H16N2S. The van der Waals surface area contributed by atoms with E-state index in [-0.39, 0.29) is 6.04 Å². The van der Waals surface area contributed by atoms with E-state index in [4.69, 9.17) is 5.73 Å². The predicted octanol–water partition coefficient (Wildman–Crippen LogP) is 3.12. The summed E-state index contributed by atoms with van der Waals surface area (Å²) in [7, 11) is 0. The Bertz CT molecular complexity index is 502. The van der Waals surface area contributed by atoms with Crippen molar-refractivity contribution >= 4 is 11.3 Å². The highest BCUT2D eigenvalue weighted by Crippen LogP contribution is 2.25. The molecular weight excluding hydrogens is 216 g/mol. The first-order valence-electron chi connectivity index (χ1n) is 5.33. The van der Waals surface area contributed by atoms with E-state index in [1.54, 1.807) is 11.3 Å². The van der Waals surface area contributed by atoms with Crippen LogP contribution in [0, 0.1) is 20.8 Å². The van der Waals surface area contributed by atoms with E-state index in [9.17, 15) is 0 Å². The molecule has 3 heteroatoms. The van der Waals surface area contributed by atoms with Gasteiger partial charge in [-0.15, -0.1) is 11.3 Å². The molecule has 0 fully saturated rings. The average molecular weight is 232 g/mol. The smallest absolute Gasteiger partial charge is 0.114 e. The van der Waals surface area contributed by atoms with Gasteiger partial charge in [-0.3, -0.25) is 0 Å². The van der Waals surface area contributed by atoms with E-state index in [0.29, 0.717) is 0 Å². The Morgan fingerprint density at radius 3 is 2.50 bits per heavy atom. The number of aromatic nitrogens is 1. The molecule has 0 saturated heterocycles. The van der Waals surface area contributed by atoms with Crippen molar-refractivity contribution in [3.63, 3.8) is 0 Å². The van der Waals surface area contributed by atoms with E-state index < -0.39 is 0 Å². The van der Waals surface area contributed by atoms with Crippen molar-refractivity contribution in [3.05, 3.63) is 51.0 Å². The third-order valence-corrected chi connectivity index (χ3v) is 3.79. The molecule has 0 aliphatic heterocycles. The molecule has 2 aromatic rings. The number of thiazole rings is 1. The molecule has 16 heavy (non-hydrogen) atoms. The van der Waals surface area contributed by atoms with Gasteiger partial charge in [0.05, 0.1) is 6.04 Å². The number of benzene rings is 1. The average Bonchev–Trinajstić information content (AvgIpc) is 2.68. The lowest BCUT2D eigenvalue weighted by Crippen LogP contribution is -2.11. The Morgan fingerprint density at radius 2 is 1.94 bits per heavy atom. The molecule has 84 valence electrons. The van der Waals surface area contributed by atoms with Gasteiger partial charge in [-0.2, -0.15) is 0 Å². The summed E-state index contributed by atoms with van der Waals surface area (Å²) in [5, 5.41) is 0.987. The fourth-order valence-corrected chi connectivity index (χ4v) is 2.42. The van der Waals surface area contributed by atoms with Crippen molar-refractivity contribution in [1.29, 1.82) is 0 Å². The van der Waals surface area contributed by atoms with Gasteiger partial charge in [-0.25, -0.2) is 4.98 Å². The highest BCUT2D eigenvalue weighted by atomic mass is 32.1. The molecule has 0 saturated carbocycles. The molecule has 1 atom stereocenters. The maximum atomic E-state index is 6.20. The number of rotatable bonds is 2. The van der Waals surface area contributed by atoms with Gasteiger partial charge < -0.3 is 5.73 Å². The minimum absolute atomic E-state index is 0.0991. The van der Waals surface area contributed by atoms with E-state index in [2.05, 4.69) is 37.0 Å². The van der Waals surface area contributed by atoms with Crippen LogP contribution in [0.3, 0.4) is 0 Å². The first-order chi connectivity index (χ1) is 7.58. The van der Waals surface area contributed by atoms with Crippen molar-refractivity contribution in [1.82, 2.24) is 4.98 Å². The molecule has 1 unspecified atom stereocenters. The standard InChI is InChI=1S/C13H16N2S/c1-8-4-5-11(6-9(8)2)12(14)13-15-7-10(3)16-13/h4-7,12H,14H2,1-3H3. The molecule has 0 amide bonds. The van der Waals surface area contributed by atoms with Crippen molar-refractivity contribution in [2.45, 2.75) is 26.8 Å². The molecule has 2 rings (SSSR count). The van der Waals surface area contributed by atoms with Gasteiger partial charge in [-0.1, -0.05) is 18.2 Å². The largest absolute Gasteiger partial charge is 0.318 e. The van der Waals surface area contributed by atoms with Crippen LogP contribution in [0.25, 0.3) is 0 Å². The van der Waals surface area contributed by atoms with Crippen LogP contribution in [0.5, 0.6) is 0 Å². The van der Waals surface area contributed by atoms with Gasteiger partial charge in [0.25, 0.3) is 0 Å². The topological polar surface area (TPSA) is 38.9 Å². The second-order valence-corrected chi connectivity index (χ2v) is 5.40. The van der Waals surface area contributed by atoms with Crippen molar-refractivity contribution in [3.8, 4) is 0 Å². The van der Waals surface area contributed by atoms with Gasteiger partial charge in [0, 0.05) is 11.1 Å². The van der Waals surface area contributed by atoms with E-state index in [1.807, 2.05) is 13.1 Å². The molecule has 1 aromatic heterocycles. The lowest BCUT2D eigenvalue weighted by atomic mass is 10.0. The Morgan fingerprint density at radius 1 is 1.19 bits per heavy atom. The maximum absolute atomic E-state index is 6.20. The molecule has 2 N–H and O–H groups in total. The van der Waals surface area contributed by atoms with Crippen LogP contribution < -0.4 is 5.73 Å². The fraction of sp³-hybridized carbons (Fsp3) is 0.308. The third-order valence-electron chi connectivity index (χ3n) is 2.80. The van der Waals surface area contributed by atoms with Crippen LogP contribution in [0.1, 0.15) is 32.6 Å². The van der Waals surface area contributed by atoms with E-state index in [0.717, 1.165) is 10.6 Å². The highest BCUT2D eigenvalue weighted by molar-refractivity contribution is 7.11. The number of nitrogens with zero attached hydrogens (tertiary/aromatic N) is 1. The number of hydrogen-bond donors (Lipinski definition) is 1. The van der Waals surface area contributed by atoms with Crippen LogP contribution in [-0.4, -0.2) is 4.98 Å². The Kier molecular flexibility index (Phi) is 3.08. The Labute approximate surface area is 100 Å². The molecule has 2 nitrogen and oxygen atoms in total. The van der Waals surface area contributed by atoms with Gasteiger partial charge in [-0.05, 0) is 37.5 Å². The molecule has 0 aliphatic rings. The predicted molar refractivity (Wildman–Crippen MR) is 68.8 cm³/mol. The lowest BCUT2D eigenvalue weighted by Gasteiger charge is -2.10. The number of aryl methyl sites for hydroxylation is 3. The van der Waals surface area contributed by atoms with E-state index >= 15 is 0 Å². The van der Waals surface area contributed by atoms with Crippen molar-refractivity contribution in [2.24, 2.45) is 5.73 Å². The first-order valence-corrected chi connectivity index (χ1v) is 6.14. The van der Waals surface area contributed by atoms with Gasteiger partial charge in [0.2, 0.25) is 0 Å². The zero-order chi connectivity index (χ0) is 11.7. The summed E-state index contributed by atoms with van der Waals surface area (Å²) in [5.41, 5.74) is 9.91. The quantitative estimate of drug-likeness (QED) is 0.864. The van der Waals surface area contributed by atoms with Gasteiger partial charge in [0.1, 0.15) is 5.01 Å². The van der Waals surface area contributed by atoms with Crippen LogP contribution in [0.4, 0.5) is 0 Å². The molecule has 0 bridgehead atoms. The van der Waals surface area contributed by atoms with Crippen LogP contribution in [0.2, 0.25) is 0 Å². The SMILES string of the molecule is Cc1cnc(C(N)c2ccc(C)c(C)c2)s1. The number of hydrogen-bond acceptors (Lipinski definition) is 3. The first kappa shape index (κ1) is 11.3. The zero-order valence-electron chi connectivity index (χ0n) is 9.82. The second-order valence-electron chi connectivity index (χ2n) is 4.13. The van der Waals surface area contributed by atoms with E-state index in [1.165, 1.54) is 16.0 Å². The minimum atomic E-state index is -0.0991. The molecule has 1 aromatic carbocycles. The summed E-state index contributed by atoms with van der Waals surface area (Å²) in [5.74, 6) is 0. The summed E-state index contributed by atoms with van der Waals surface area (Å²) >= 11 is 1.66. The van der Waals surface area contributed by atoms with Gasteiger partial charge in [0.15, 0.2) is 0 Å². The molecule has 0 radical (unpaired) electrons. The summed E-state index contributed by atoms with van der Waals surface area (Å²) < 4.78 is 0. The maximum Gasteiger partial charge on any atom is 0.114 e. The zero-order valence-corrected chi connectivity index (χ0v) is 10.6. The van der Waals surface area contributed by atoms with Gasteiger partial charge >= 0.3 is 0 Å². The van der Waals surface area contributed by atoms with Crippen molar-refractivity contribution < 1.29 is 0 Å². The number of nitrogens with two attached hydrogens (primary N) is 1.